The first-order valence-corrected chi connectivity index (χ1v) is 10.3. The quantitative estimate of drug-likeness (QED) is 0.621. The smallest absolute Gasteiger partial charge is 0.303 e. The Morgan fingerprint density at radius 3 is 2.27 bits per heavy atom. The standard InChI is InChI=1S/C22H38O4/c1-15(25-16(2)23)9-10-19-21(6)13-8-12-20(4,5)18(21)11-14-22(19,7)26-17(3)24/h15,18-19H,8-14H2,1-7H3/t15-,18+,19-,21+,22-/m1/s1. The molecule has 0 N–H and O–H groups in total. The highest BCUT2D eigenvalue weighted by molar-refractivity contribution is 5.66. The van der Waals surface area contributed by atoms with Gasteiger partial charge in [0.15, 0.2) is 0 Å². The number of carbonyl (C=O) groups excluding carboxylic acids is 2. The lowest BCUT2D eigenvalue weighted by Gasteiger charge is -2.62. The van der Waals surface area contributed by atoms with E-state index < -0.39 is 5.60 Å². The van der Waals surface area contributed by atoms with Crippen LogP contribution >= 0.6 is 0 Å². The normalized spacial score (nSPS) is 37.3. The highest BCUT2D eigenvalue weighted by Gasteiger charge is 2.59. The molecular formula is C22H38O4. The lowest BCUT2D eigenvalue weighted by Crippen LogP contribution is -2.58. The van der Waals surface area contributed by atoms with E-state index in [9.17, 15) is 9.59 Å². The molecule has 2 aliphatic carbocycles. The molecule has 5 atom stereocenters. The third-order valence-corrected chi connectivity index (χ3v) is 7.34. The Kier molecular flexibility index (Phi) is 6.14. The molecule has 0 aromatic carbocycles. The van der Waals surface area contributed by atoms with E-state index in [0.29, 0.717) is 11.3 Å². The minimum atomic E-state index is -0.430. The second-order valence-electron chi connectivity index (χ2n) is 9.90. The van der Waals surface area contributed by atoms with Crippen LogP contribution in [0.25, 0.3) is 0 Å². The molecule has 0 unspecified atom stereocenters. The van der Waals surface area contributed by atoms with E-state index in [-0.39, 0.29) is 29.4 Å². The molecule has 0 aromatic heterocycles. The van der Waals surface area contributed by atoms with E-state index >= 15 is 0 Å². The van der Waals surface area contributed by atoms with Gasteiger partial charge in [0.2, 0.25) is 0 Å². The predicted octanol–water partition coefficient (Wildman–Crippen LogP) is 5.28. The number of ether oxygens (including phenoxy) is 2. The van der Waals surface area contributed by atoms with Crippen LogP contribution in [0.15, 0.2) is 0 Å². The molecule has 0 heterocycles. The summed E-state index contributed by atoms with van der Waals surface area (Å²) in [6.45, 7) is 14.3. The van der Waals surface area contributed by atoms with Gasteiger partial charge in [0.05, 0.1) is 6.10 Å². The third-order valence-electron chi connectivity index (χ3n) is 7.34. The van der Waals surface area contributed by atoms with Crippen molar-refractivity contribution < 1.29 is 19.1 Å². The summed E-state index contributed by atoms with van der Waals surface area (Å²) in [7, 11) is 0. The van der Waals surface area contributed by atoms with Crippen LogP contribution in [0.1, 0.15) is 93.4 Å². The Bertz CT molecular complexity index is 540. The number of hydrogen-bond acceptors (Lipinski definition) is 4. The fraction of sp³-hybridized carbons (Fsp3) is 0.909. The first kappa shape index (κ1) is 21.2. The fourth-order valence-corrected chi connectivity index (χ4v) is 6.44. The molecule has 0 bridgehead atoms. The lowest BCUT2D eigenvalue weighted by atomic mass is 9.45. The number of carbonyl (C=O) groups is 2. The van der Waals surface area contributed by atoms with Gasteiger partial charge < -0.3 is 9.47 Å². The summed E-state index contributed by atoms with van der Waals surface area (Å²) in [4.78, 5) is 23.1. The third kappa shape index (κ3) is 4.26. The van der Waals surface area contributed by atoms with Crippen LogP contribution in [0.3, 0.4) is 0 Å². The van der Waals surface area contributed by atoms with Crippen LogP contribution in [0.5, 0.6) is 0 Å². The van der Waals surface area contributed by atoms with Crippen molar-refractivity contribution in [3.05, 3.63) is 0 Å². The van der Waals surface area contributed by atoms with Gasteiger partial charge in [0.25, 0.3) is 0 Å². The van der Waals surface area contributed by atoms with E-state index in [4.69, 9.17) is 9.47 Å². The molecule has 0 radical (unpaired) electrons. The molecule has 150 valence electrons. The fourth-order valence-electron chi connectivity index (χ4n) is 6.44. The second-order valence-corrected chi connectivity index (χ2v) is 9.90. The molecule has 4 heteroatoms. The van der Waals surface area contributed by atoms with Crippen molar-refractivity contribution in [2.24, 2.45) is 22.7 Å². The summed E-state index contributed by atoms with van der Waals surface area (Å²) >= 11 is 0. The van der Waals surface area contributed by atoms with Crippen LogP contribution in [0.4, 0.5) is 0 Å². The SMILES string of the molecule is CC(=O)O[C@H](C)CC[C@@H]1[C@@]2(C)CCCC(C)(C)[C@@H]2CC[C@@]1(C)OC(C)=O. The number of rotatable bonds is 5. The van der Waals surface area contributed by atoms with Crippen molar-refractivity contribution in [1.29, 1.82) is 0 Å². The molecule has 0 amide bonds. The van der Waals surface area contributed by atoms with Gasteiger partial charge in [-0.25, -0.2) is 0 Å². The minimum absolute atomic E-state index is 0.102. The molecule has 0 aromatic rings. The monoisotopic (exact) mass is 366 g/mol. The maximum atomic E-state index is 11.8. The van der Waals surface area contributed by atoms with Crippen molar-refractivity contribution in [3.63, 3.8) is 0 Å². The van der Waals surface area contributed by atoms with Gasteiger partial charge in [-0.15, -0.1) is 0 Å². The molecule has 0 saturated heterocycles. The Labute approximate surface area is 159 Å². The van der Waals surface area contributed by atoms with Crippen LogP contribution < -0.4 is 0 Å². The van der Waals surface area contributed by atoms with Crippen molar-refractivity contribution in [2.75, 3.05) is 0 Å². The van der Waals surface area contributed by atoms with E-state index in [1.165, 1.54) is 33.1 Å². The summed E-state index contributed by atoms with van der Waals surface area (Å²) in [6.07, 6.45) is 7.34. The second kappa shape index (κ2) is 7.52. The van der Waals surface area contributed by atoms with E-state index in [0.717, 1.165) is 25.7 Å². The Hall–Kier alpha value is -1.06. The van der Waals surface area contributed by atoms with Gasteiger partial charge in [-0.05, 0) is 69.1 Å². The Morgan fingerprint density at radius 1 is 1.04 bits per heavy atom. The van der Waals surface area contributed by atoms with Crippen LogP contribution in [-0.2, 0) is 19.1 Å². The summed E-state index contributed by atoms with van der Waals surface area (Å²) < 4.78 is 11.3. The Balaban J connectivity index is 2.29. The van der Waals surface area contributed by atoms with E-state index in [1.54, 1.807) is 0 Å². The average molecular weight is 367 g/mol. The van der Waals surface area contributed by atoms with Crippen molar-refractivity contribution in [3.8, 4) is 0 Å². The van der Waals surface area contributed by atoms with Crippen LogP contribution in [0, 0.1) is 22.7 Å². The lowest BCUT2D eigenvalue weighted by molar-refractivity contribution is -0.200. The van der Waals surface area contributed by atoms with Gasteiger partial charge in [-0.3, -0.25) is 9.59 Å². The van der Waals surface area contributed by atoms with Crippen molar-refractivity contribution in [1.82, 2.24) is 0 Å². The summed E-state index contributed by atoms with van der Waals surface area (Å²) in [5.74, 6) is 0.506. The molecule has 2 aliphatic rings. The molecule has 2 saturated carbocycles. The molecule has 0 spiro atoms. The van der Waals surface area contributed by atoms with Crippen molar-refractivity contribution >= 4 is 11.9 Å². The Morgan fingerprint density at radius 2 is 1.69 bits per heavy atom. The van der Waals surface area contributed by atoms with E-state index in [1.807, 2.05) is 6.92 Å². The molecule has 4 nitrogen and oxygen atoms in total. The number of esters is 2. The molecule has 2 rings (SSSR count). The zero-order valence-corrected chi connectivity index (χ0v) is 17.8. The summed E-state index contributed by atoms with van der Waals surface area (Å²) in [5.41, 5.74) is 0.0465. The van der Waals surface area contributed by atoms with Gasteiger partial charge in [-0.2, -0.15) is 0 Å². The van der Waals surface area contributed by atoms with Gasteiger partial charge in [0.1, 0.15) is 5.60 Å². The summed E-state index contributed by atoms with van der Waals surface area (Å²) in [5, 5.41) is 0. The van der Waals surface area contributed by atoms with Gasteiger partial charge >= 0.3 is 11.9 Å². The molecule has 0 aliphatic heterocycles. The number of fused-ring (bicyclic) bond motifs is 1. The maximum Gasteiger partial charge on any atom is 0.303 e. The van der Waals surface area contributed by atoms with Crippen LogP contribution in [-0.4, -0.2) is 23.6 Å². The topological polar surface area (TPSA) is 52.6 Å². The molecule has 26 heavy (non-hydrogen) atoms. The maximum absolute atomic E-state index is 11.8. The first-order chi connectivity index (χ1) is 11.9. The van der Waals surface area contributed by atoms with E-state index in [2.05, 4.69) is 27.7 Å². The molecule has 2 fully saturated rings. The highest BCUT2D eigenvalue weighted by Crippen LogP contribution is 2.63. The number of hydrogen-bond donors (Lipinski definition) is 0. The van der Waals surface area contributed by atoms with Gasteiger partial charge in [0, 0.05) is 19.8 Å². The van der Waals surface area contributed by atoms with Crippen LogP contribution in [0.2, 0.25) is 0 Å². The average Bonchev–Trinajstić information content (AvgIpc) is 2.43. The first-order valence-electron chi connectivity index (χ1n) is 10.3. The largest absolute Gasteiger partial charge is 0.463 e. The van der Waals surface area contributed by atoms with Crippen molar-refractivity contribution in [2.45, 2.75) is 105 Å². The zero-order valence-electron chi connectivity index (χ0n) is 17.8. The predicted molar refractivity (Wildman–Crippen MR) is 103 cm³/mol. The highest BCUT2D eigenvalue weighted by atomic mass is 16.6. The molecular weight excluding hydrogens is 328 g/mol. The summed E-state index contributed by atoms with van der Waals surface area (Å²) in [6, 6.07) is 0. The van der Waals surface area contributed by atoms with Gasteiger partial charge in [-0.1, -0.05) is 27.2 Å². The minimum Gasteiger partial charge on any atom is -0.463 e. The zero-order chi connectivity index (χ0) is 19.8.